The van der Waals surface area contributed by atoms with Gasteiger partial charge >= 0.3 is 0 Å². The molecule has 45 heavy (non-hydrogen) atoms. The molecule has 0 unspecified atom stereocenters. The van der Waals surface area contributed by atoms with E-state index in [2.05, 4.69) is 74.6 Å². The van der Waals surface area contributed by atoms with Gasteiger partial charge in [0.15, 0.2) is 5.78 Å². The van der Waals surface area contributed by atoms with Crippen molar-refractivity contribution in [3.05, 3.63) is 89.3 Å². The first-order chi connectivity index (χ1) is 21.3. The van der Waals surface area contributed by atoms with Gasteiger partial charge in [0.2, 0.25) is 0 Å². The Morgan fingerprint density at radius 3 is 2.29 bits per heavy atom. The van der Waals surface area contributed by atoms with Gasteiger partial charge in [0, 0.05) is 49.6 Å². The molecule has 3 nitrogen and oxygen atoms in total. The van der Waals surface area contributed by atoms with Crippen LogP contribution in [0.1, 0.15) is 110 Å². The SMILES string of the molecule is CC(C)Cc1ccc2cnc3c(c2c1)C1(CCCC1)c1cccc2cc[c-]c-3c12.CCC(CC)C(=O)/C=C(\O)C(CC)CC.[Ir]. The van der Waals surface area contributed by atoms with Gasteiger partial charge in [-0.25, -0.2) is 0 Å². The number of ketones is 1. The van der Waals surface area contributed by atoms with Crippen LogP contribution in [0.3, 0.4) is 0 Å². The largest absolute Gasteiger partial charge is 0.512 e. The first-order valence-electron chi connectivity index (χ1n) is 17.1. The van der Waals surface area contributed by atoms with Crippen molar-refractivity contribution in [3.63, 3.8) is 0 Å². The molecule has 241 valence electrons. The van der Waals surface area contributed by atoms with Crippen LogP contribution >= 0.6 is 0 Å². The smallest absolute Gasteiger partial charge is 0.162 e. The van der Waals surface area contributed by atoms with Crippen LogP contribution in [0.4, 0.5) is 0 Å². The zero-order valence-corrected chi connectivity index (χ0v) is 30.4. The number of hydrogen-bond acceptors (Lipinski definition) is 3. The molecule has 1 aromatic heterocycles. The van der Waals surface area contributed by atoms with Gasteiger partial charge in [0.25, 0.3) is 0 Å². The van der Waals surface area contributed by atoms with E-state index < -0.39 is 0 Å². The summed E-state index contributed by atoms with van der Waals surface area (Å²) >= 11 is 0. The van der Waals surface area contributed by atoms with E-state index >= 15 is 0 Å². The van der Waals surface area contributed by atoms with Crippen LogP contribution in [0.25, 0.3) is 32.8 Å². The summed E-state index contributed by atoms with van der Waals surface area (Å²) in [5.41, 5.74) is 6.89. The maximum atomic E-state index is 11.7. The monoisotopic (exact) mass is 781 g/mol. The summed E-state index contributed by atoms with van der Waals surface area (Å²) in [6.45, 7) is 12.7. The standard InChI is InChI=1S/C28H26N.C13H24O2.Ir/c1-18(2)15-19-11-12-21-17-29-27-22-9-5-7-20-8-6-10-24(25(20)22)28(13-3-4-14-28)26(27)23(21)16-19;1-5-10(6-2)12(14)9-13(15)11(7-3)8-4;/h5-8,10-12,16-18H,3-4,13-15H2,1-2H3;9-11,14H,5-8H2,1-4H3;/q-1;;/b;12-9-;. The summed E-state index contributed by atoms with van der Waals surface area (Å²) in [4.78, 5) is 16.8. The van der Waals surface area contributed by atoms with Crippen molar-refractivity contribution in [3.8, 4) is 11.3 Å². The van der Waals surface area contributed by atoms with E-state index in [1.165, 1.54) is 81.3 Å². The number of fused-ring (bicyclic) bond motifs is 6. The Kier molecular flexibility index (Phi) is 11.8. The Labute approximate surface area is 284 Å². The molecule has 1 heterocycles. The van der Waals surface area contributed by atoms with Crippen molar-refractivity contribution in [1.82, 2.24) is 4.98 Å². The van der Waals surface area contributed by atoms with Crippen LogP contribution < -0.4 is 0 Å². The molecule has 2 aliphatic rings. The maximum absolute atomic E-state index is 11.7. The fourth-order valence-electron chi connectivity index (χ4n) is 7.80. The third-order valence-electron chi connectivity index (χ3n) is 10.2. The third kappa shape index (κ3) is 6.84. The molecule has 1 N–H and O–H groups in total. The van der Waals surface area contributed by atoms with Crippen LogP contribution in [0.2, 0.25) is 0 Å². The van der Waals surface area contributed by atoms with Gasteiger partial charge in [-0.3, -0.25) is 4.79 Å². The van der Waals surface area contributed by atoms with Gasteiger partial charge in [-0.2, -0.15) is 0 Å². The van der Waals surface area contributed by atoms with E-state index in [0.717, 1.165) is 32.1 Å². The van der Waals surface area contributed by atoms with Gasteiger partial charge in [-0.05, 0) is 78.5 Å². The van der Waals surface area contributed by atoms with Gasteiger partial charge in [-0.15, -0.1) is 29.1 Å². The predicted octanol–water partition coefficient (Wildman–Crippen LogP) is 11.1. The van der Waals surface area contributed by atoms with Crippen LogP contribution in [-0.4, -0.2) is 15.9 Å². The Morgan fingerprint density at radius 1 is 0.956 bits per heavy atom. The molecule has 2 aliphatic carbocycles. The molecule has 0 aliphatic heterocycles. The average Bonchev–Trinajstić information content (AvgIpc) is 3.51. The molecule has 0 atom stereocenters. The molecule has 4 aromatic rings. The molecule has 0 saturated heterocycles. The first-order valence-corrected chi connectivity index (χ1v) is 17.1. The fourth-order valence-corrected chi connectivity index (χ4v) is 7.80. The summed E-state index contributed by atoms with van der Waals surface area (Å²) < 4.78 is 0. The number of benzene rings is 3. The molecule has 0 bridgehead atoms. The number of aliphatic hydroxyl groups excluding tert-OH is 1. The molecule has 6 rings (SSSR count). The molecule has 4 heteroatoms. The van der Waals surface area contributed by atoms with Crippen molar-refractivity contribution in [2.75, 3.05) is 0 Å². The Morgan fingerprint density at radius 2 is 1.64 bits per heavy atom. The van der Waals surface area contributed by atoms with E-state index in [-0.39, 0.29) is 48.9 Å². The molecular weight excluding hydrogens is 731 g/mol. The Hall–Kier alpha value is -2.81. The quantitative estimate of drug-likeness (QED) is 0.105. The molecule has 0 amide bonds. The molecule has 1 saturated carbocycles. The van der Waals surface area contributed by atoms with Gasteiger partial charge < -0.3 is 10.1 Å². The molecule has 3 aromatic carbocycles. The number of hydrogen-bond donors (Lipinski definition) is 1. The summed E-state index contributed by atoms with van der Waals surface area (Å²) in [5, 5.41) is 15.2. The predicted molar refractivity (Wildman–Crippen MR) is 185 cm³/mol. The van der Waals surface area contributed by atoms with E-state index in [1.807, 2.05) is 27.7 Å². The van der Waals surface area contributed by atoms with Crippen molar-refractivity contribution >= 4 is 27.3 Å². The minimum absolute atomic E-state index is 0. The molecular formula is C41H50IrNO2-. The van der Waals surface area contributed by atoms with E-state index in [9.17, 15) is 9.90 Å². The average molecular weight is 781 g/mol. The van der Waals surface area contributed by atoms with Crippen molar-refractivity contribution in [2.24, 2.45) is 17.8 Å². The second kappa shape index (κ2) is 15.2. The van der Waals surface area contributed by atoms with Crippen LogP contribution in [0, 0.1) is 23.8 Å². The number of rotatable bonds is 9. The third-order valence-corrected chi connectivity index (χ3v) is 10.2. The second-order valence-electron chi connectivity index (χ2n) is 13.4. The van der Waals surface area contributed by atoms with Gasteiger partial charge in [0.1, 0.15) is 0 Å². The van der Waals surface area contributed by atoms with E-state index in [0.29, 0.717) is 5.92 Å². The minimum Gasteiger partial charge on any atom is -0.512 e. The summed E-state index contributed by atoms with van der Waals surface area (Å²) in [6.07, 6.45) is 13.2. The number of pyridine rings is 1. The van der Waals surface area contributed by atoms with E-state index in [4.69, 9.17) is 4.98 Å². The second-order valence-corrected chi connectivity index (χ2v) is 13.4. The van der Waals surface area contributed by atoms with Crippen molar-refractivity contribution in [2.45, 2.75) is 105 Å². The van der Waals surface area contributed by atoms with Crippen LogP contribution in [-0.2, 0) is 36.7 Å². The van der Waals surface area contributed by atoms with Gasteiger partial charge in [0.05, 0.1) is 5.76 Å². The fraction of sp³-hybridized carbons (Fsp3) is 0.463. The van der Waals surface area contributed by atoms with E-state index in [1.54, 1.807) is 0 Å². The Balaban J connectivity index is 0.000000249. The topological polar surface area (TPSA) is 50.2 Å². The molecule has 1 fully saturated rings. The van der Waals surface area contributed by atoms with Gasteiger partial charge in [-0.1, -0.05) is 102 Å². The summed E-state index contributed by atoms with van der Waals surface area (Å²) in [5.74, 6) is 1.21. The summed E-state index contributed by atoms with van der Waals surface area (Å²) in [6, 6.07) is 21.7. The number of aromatic nitrogens is 1. The zero-order chi connectivity index (χ0) is 31.4. The van der Waals surface area contributed by atoms with Crippen LogP contribution in [0.15, 0.2) is 66.6 Å². The number of carbonyl (C=O) groups excluding carboxylic acids is 1. The zero-order valence-electron chi connectivity index (χ0n) is 28.0. The number of nitrogens with zero attached hydrogens (tertiary/aromatic N) is 1. The number of carbonyl (C=O) groups is 1. The van der Waals surface area contributed by atoms with Crippen molar-refractivity contribution < 1.29 is 30.0 Å². The maximum Gasteiger partial charge on any atom is 0.162 e. The Bertz CT molecular complexity index is 1650. The van der Waals surface area contributed by atoms with Crippen LogP contribution in [0.5, 0.6) is 0 Å². The normalized spacial score (nSPS) is 15.0. The summed E-state index contributed by atoms with van der Waals surface area (Å²) in [7, 11) is 0. The number of aliphatic hydroxyl groups is 1. The molecule has 1 radical (unpaired) electrons. The first kappa shape index (κ1) is 35.1. The minimum atomic E-state index is 0. The van der Waals surface area contributed by atoms with Crippen molar-refractivity contribution in [1.29, 1.82) is 0 Å². The molecule has 1 spiro atoms. The number of allylic oxidation sites excluding steroid dienone is 2.